The maximum atomic E-state index is 6.09. The molecule has 0 spiro atoms. The summed E-state index contributed by atoms with van der Waals surface area (Å²) in [7, 11) is 0. The Kier molecular flexibility index (Phi) is 1.96. The largest absolute Gasteiger partial charge is 0.376 e. The summed E-state index contributed by atoms with van der Waals surface area (Å²) in [5.74, 6) is 1.51. The lowest BCUT2D eigenvalue weighted by Crippen LogP contribution is -2.14. The highest BCUT2D eigenvalue weighted by Gasteiger charge is 2.28. The van der Waals surface area contributed by atoms with Crippen LogP contribution < -0.4 is 0 Å². The molecule has 1 aromatic heterocycles. The zero-order chi connectivity index (χ0) is 9.54. The molecule has 0 bridgehead atoms. The Morgan fingerprint density at radius 3 is 2.93 bits per heavy atom. The number of hydrogen-bond donors (Lipinski definition) is 0. The minimum Gasteiger partial charge on any atom is -0.376 e. The van der Waals surface area contributed by atoms with Crippen LogP contribution >= 0.6 is 11.6 Å². The molecule has 3 rings (SSSR count). The smallest absolute Gasteiger partial charge is 0.138 e. The van der Waals surface area contributed by atoms with E-state index in [0.29, 0.717) is 17.7 Å². The van der Waals surface area contributed by atoms with Crippen LogP contribution in [0.2, 0.25) is 5.15 Å². The first-order chi connectivity index (χ1) is 6.84. The first-order valence-electron chi connectivity index (χ1n) is 4.97. The van der Waals surface area contributed by atoms with E-state index in [2.05, 4.69) is 9.97 Å². The van der Waals surface area contributed by atoms with Crippen molar-refractivity contribution in [3.63, 3.8) is 0 Å². The number of fused-ring (bicyclic) bond motifs is 1. The molecule has 2 aliphatic rings. The van der Waals surface area contributed by atoms with Crippen LogP contribution in [0.25, 0.3) is 0 Å². The number of nitrogens with zero attached hydrogens (tertiary/aromatic N) is 2. The monoisotopic (exact) mass is 210 g/mol. The fourth-order valence-corrected chi connectivity index (χ4v) is 1.98. The Bertz CT molecular complexity index is 377. The highest BCUT2D eigenvalue weighted by Crippen LogP contribution is 2.39. The fourth-order valence-electron chi connectivity index (χ4n) is 1.73. The van der Waals surface area contributed by atoms with Gasteiger partial charge in [0, 0.05) is 17.9 Å². The predicted molar refractivity (Wildman–Crippen MR) is 52.4 cm³/mol. The molecule has 1 fully saturated rings. The zero-order valence-corrected chi connectivity index (χ0v) is 8.55. The standard InChI is InChI=1S/C10H11ClN2O/c11-9-7-5-14-4-3-8(7)12-10(13-9)6-1-2-6/h6H,1-5H2. The Balaban J connectivity index is 2.06. The van der Waals surface area contributed by atoms with Gasteiger partial charge in [0.05, 0.1) is 18.9 Å². The molecule has 1 aliphatic heterocycles. The number of halogens is 1. The van der Waals surface area contributed by atoms with Crippen LogP contribution in [0, 0.1) is 0 Å². The lowest BCUT2D eigenvalue weighted by Gasteiger charge is -2.16. The van der Waals surface area contributed by atoms with Gasteiger partial charge in [-0.3, -0.25) is 0 Å². The molecule has 2 heterocycles. The summed E-state index contributed by atoms with van der Waals surface area (Å²) in [6, 6.07) is 0. The van der Waals surface area contributed by atoms with Crippen LogP contribution in [0.5, 0.6) is 0 Å². The van der Waals surface area contributed by atoms with Gasteiger partial charge in [0.15, 0.2) is 0 Å². The van der Waals surface area contributed by atoms with Crippen LogP contribution in [0.4, 0.5) is 0 Å². The normalized spacial score (nSPS) is 20.6. The lowest BCUT2D eigenvalue weighted by atomic mass is 10.1. The summed E-state index contributed by atoms with van der Waals surface area (Å²) in [6.45, 7) is 1.32. The van der Waals surface area contributed by atoms with Crippen LogP contribution in [-0.4, -0.2) is 16.6 Å². The molecule has 0 N–H and O–H groups in total. The molecular formula is C10H11ClN2O. The second-order valence-electron chi connectivity index (χ2n) is 3.87. The van der Waals surface area contributed by atoms with E-state index in [1.165, 1.54) is 12.8 Å². The predicted octanol–water partition coefficient (Wildman–Crippen LogP) is 2.08. The summed E-state index contributed by atoms with van der Waals surface area (Å²) in [5.41, 5.74) is 2.08. The highest BCUT2D eigenvalue weighted by atomic mass is 35.5. The average Bonchev–Trinajstić information content (AvgIpc) is 3.01. The van der Waals surface area contributed by atoms with Crippen LogP contribution in [-0.2, 0) is 17.8 Å². The molecule has 0 atom stereocenters. The van der Waals surface area contributed by atoms with Gasteiger partial charge in [0.25, 0.3) is 0 Å². The summed E-state index contributed by atoms with van der Waals surface area (Å²) in [6.07, 6.45) is 3.30. The van der Waals surface area contributed by atoms with Crippen molar-refractivity contribution in [2.24, 2.45) is 0 Å². The maximum absolute atomic E-state index is 6.09. The van der Waals surface area contributed by atoms with E-state index in [4.69, 9.17) is 16.3 Å². The van der Waals surface area contributed by atoms with E-state index in [-0.39, 0.29) is 0 Å². The van der Waals surface area contributed by atoms with Crippen molar-refractivity contribution < 1.29 is 4.74 Å². The number of rotatable bonds is 1. The molecule has 1 aliphatic carbocycles. The van der Waals surface area contributed by atoms with Crippen molar-refractivity contribution in [3.05, 3.63) is 22.2 Å². The minimum atomic E-state index is 0.569. The third-order valence-corrected chi connectivity index (χ3v) is 3.04. The van der Waals surface area contributed by atoms with E-state index < -0.39 is 0 Å². The van der Waals surface area contributed by atoms with Gasteiger partial charge in [-0.25, -0.2) is 9.97 Å². The quantitative estimate of drug-likeness (QED) is 0.666. The second kappa shape index (κ2) is 3.17. The molecule has 1 saturated carbocycles. The Morgan fingerprint density at radius 2 is 2.14 bits per heavy atom. The number of ether oxygens (including phenoxy) is 1. The van der Waals surface area contributed by atoms with E-state index in [1.54, 1.807) is 0 Å². The summed E-state index contributed by atoms with van der Waals surface area (Å²) >= 11 is 6.09. The maximum Gasteiger partial charge on any atom is 0.138 e. The molecule has 0 amide bonds. The van der Waals surface area contributed by atoms with Gasteiger partial charge in [-0.2, -0.15) is 0 Å². The number of aromatic nitrogens is 2. The Labute approximate surface area is 87.5 Å². The van der Waals surface area contributed by atoms with E-state index in [9.17, 15) is 0 Å². The molecule has 0 radical (unpaired) electrons. The summed E-state index contributed by atoms with van der Waals surface area (Å²) < 4.78 is 5.33. The molecular weight excluding hydrogens is 200 g/mol. The highest BCUT2D eigenvalue weighted by molar-refractivity contribution is 6.30. The first-order valence-corrected chi connectivity index (χ1v) is 5.35. The molecule has 4 heteroatoms. The van der Waals surface area contributed by atoms with Gasteiger partial charge < -0.3 is 4.74 Å². The molecule has 1 aromatic rings. The van der Waals surface area contributed by atoms with E-state index in [0.717, 1.165) is 30.1 Å². The Morgan fingerprint density at radius 1 is 1.29 bits per heavy atom. The first kappa shape index (κ1) is 8.62. The van der Waals surface area contributed by atoms with Crippen molar-refractivity contribution in [2.45, 2.75) is 31.8 Å². The SMILES string of the molecule is Clc1nc(C2CC2)nc2c1COCC2. The molecule has 3 nitrogen and oxygen atoms in total. The van der Waals surface area contributed by atoms with Crippen molar-refractivity contribution in [1.82, 2.24) is 9.97 Å². The lowest BCUT2D eigenvalue weighted by molar-refractivity contribution is 0.109. The number of hydrogen-bond acceptors (Lipinski definition) is 3. The fraction of sp³-hybridized carbons (Fsp3) is 0.600. The van der Waals surface area contributed by atoms with Crippen LogP contribution in [0.1, 0.15) is 35.8 Å². The third-order valence-electron chi connectivity index (χ3n) is 2.73. The van der Waals surface area contributed by atoms with Gasteiger partial charge in [0.1, 0.15) is 11.0 Å². The molecule has 74 valence electrons. The van der Waals surface area contributed by atoms with Gasteiger partial charge >= 0.3 is 0 Å². The van der Waals surface area contributed by atoms with Crippen molar-refractivity contribution in [3.8, 4) is 0 Å². The molecule has 0 unspecified atom stereocenters. The summed E-state index contributed by atoms with van der Waals surface area (Å²) in [4.78, 5) is 8.88. The van der Waals surface area contributed by atoms with Crippen LogP contribution in [0.15, 0.2) is 0 Å². The van der Waals surface area contributed by atoms with Gasteiger partial charge in [-0.05, 0) is 12.8 Å². The Hall–Kier alpha value is -0.670. The zero-order valence-electron chi connectivity index (χ0n) is 7.79. The minimum absolute atomic E-state index is 0.569. The van der Waals surface area contributed by atoms with E-state index in [1.807, 2.05) is 0 Å². The second-order valence-corrected chi connectivity index (χ2v) is 4.23. The molecule has 0 aromatic carbocycles. The van der Waals surface area contributed by atoms with Gasteiger partial charge in [-0.15, -0.1) is 0 Å². The molecule has 14 heavy (non-hydrogen) atoms. The van der Waals surface area contributed by atoms with Crippen molar-refractivity contribution >= 4 is 11.6 Å². The van der Waals surface area contributed by atoms with Crippen molar-refractivity contribution in [1.29, 1.82) is 0 Å². The third kappa shape index (κ3) is 1.41. The summed E-state index contributed by atoms with van der Waals surface area (Å²) in [5, 5.41) is 0.594. The molecule has 0 saturated heterocycles. The average molecular weight is 211 g/mol. The van der Waals surface area contributed by atoms with E-state index >= 15 is 0 Å². The van der Waals surface area contributed by atoms with Gasteiger partial charge in [0.2, 0.25) is 0 Å². The van der Waals surface area contributed by atoms with Gasteiger partial charge in [-0.1, -0.05) is 11.6 Å². The topological polar surface area (TPSA) is 35.0 Å². The van der Waals surface area contributed by atoms with Crippen molar-refractivity contribution in [2.75, 3.05) is 6.61 Å². The van der Waals surface area contributed by atoms with Crippen LogP contribution in [0.3, 0.4) is 0 Å².